The van der Waals surface area contributed by atoms with E-state index in [0.717, 1.165) is 0 Å². The lowest BCUT2D eigenvalue weighted by atomic mass is 10.1. The molecule has 124 valence electrons. The zero-order valence-corrected chi connectivity index (χ0v) is 13.9. The van der Waals surface area contributed by atoms with Crippen molar-refractivity contribution in [2.75, 3.05) is 0 Å². The van der Waals surface area contributed by atoms with Crippen LogP contribution in [-0.4, -0.2) is 24.9 Å². The molecule has 0 aliphatic rings. The first-order valence-corrected chi connectivity index (χ1v) is 7.96. The summed E-state index contributed by atoms with van der Waals surface area (Å²) in [7, 11) is 0. The van der Waals surface area contributed by atoms with Gasteiger partial charge in [0.2, 0.25) is 5.43 Å². The van der Waals surface area contributed by atoms with Crippen LogP contribution in [0.3, 0.4) is 0 Å². The molecule has 3 aromatic heterocycles. The van der Waals surface area contributed by atoms with Gasteiger partial charge in [-0.05, 0) is 25.1 Å². The molecule has 6 nitrogen and oxygen atoms in total. The number of pyridine rings is 2. The molecule has 1 aromatic carbocycles. The number of nitrogens with zero attached hydrogens (tertiary/aromatic N) is 3. The van der Waals surface area contributed by atoms with Gasteiger partial charge in [0, 0.05) is 11.8 Å². The van der Waals surface area contributed by atoms with Crippen molar-refractivity contribution < 1.29 is 5.11 Å². The molecule has 0 saturated heterocycles. The number of H-pyrrole nitrogens is 1. The molecule has 0 bridgehead atoms. The van der Waals surface area contributed by atoms with Gasteiger partial charge in [0.1, 0.15) is 5.65 Å². The topological polar surface area (TPSA) is 83.8 Å². The first-order valence-electron chi connectivity index (χ1n) is 7.59. The summed E-state index contributed by atoms with van der Waals surface area (Å²) in [4.78, 5) is 20.1. The van der Waals surface area contributed by atoms with Crippen LogP contribution in [-0.2, 0) is 0 Å². The molecule has 0 spiro atoms. The quantitative estimate of drug-likeness (QED) is 0.578. The van der Waals surface area contributed by atoms with E-state index in [4.69, 9.17) is 11.6 Å². The molecule has 4 aromatic rings. The number of nitrogens with one attached hydrogen (secondary N) is 1. The van der Waals surface area contributed by atoms with Crippen molar-refractivity contribution in [2.45, 2.75) is 6.92 Å². The van der Waals surface area contributed by atoms with Crippen LogP contribution in [0, 0.1) is 6.92 Å². The van der Waals surface area contributed by atoms with Gasteiger partial charge >= 0.3 is 0 Å². The van der Waals surface area contributed by atoms with Crippen molar-refractivity contribution in [3.05, 3.63) is 69.6 Å². The van der Waals surface area contributed by atoms with E-state index in [-0.39, 0.29) is 11.4 Å². The SMILES string of the molecule is Cc1nn(-c2ccccn2)c2[nH]c(-c3ccccc3Cl)c(O)c(=O)c12. The highest BCUT2D eigenvalue weighted by Gasteiger charge is 2.20. The van der Waals surface area contributed by atoms with Crippen LogP contribution >= 0.6 is 11.6 Å². The maximum atomic E-state index is 12.7. The molecule has 2 N–H and O–H groups in total. The Hall–Kier alpha value is -3.12. The van der Waals surface area contributed by atoms with Gasteiger partial charge in [0.15, 0.2) is 11.6 Å². The van der Waals surface area contributed by atoms with Gasteiger partial charge in [0.25, 0.3) is 0 Å². The average Bonchev–Trinajstić information content (AvgIpc) is 2.96. The monoisotopic (exact) mass is 352 g/mol. The second kappa shape index (κ2) is 5.75. The molecular formula is C18H13ClN4O2. The van der Waals surface area contributed by atoms with Crippen LogP contribution in [0.25, 0.3) is 28.1 Å². The Balaban J connectivity index is 2.10. The molecule has 0 amide bonds. The maximum Gasteiger partial charge on any atom is 0.235 e. The summed E-state index contributed by atoms with van der Waals surface area (Å²) in [6.45, 7) is 1.71. The van der Waals surface area contributed by atoms with Crippen molar-refractivity contribution >= 4 is 22.6 Å². The van der Waals surface area contributed by atoms with Crippen LogP contribution in [0.15, 0.2) is 53.5 Å². The lowest BCUT2D eigenvalue weighted by Crippen LogP contribution is -2.07. The first kappa shape index (κ1) is 15.4. The Morgan fingerprint density at radius 2 is 1.92 bits per heavy atom. The lowest BCUT2D eigenvalue weighted by Gasteiger charge is -2.09. The molecule has 0 atom stereocenters. The Bertz CT molecular complexity index is 1150. The van der Waals surface area contributed by atoms with Crippen LogP contribution in [0.4, 0.5) is 0 Å². The normalized spacial score (nSPS) is 11.1. The van der Waals surface area contributed by atoms with E-state index in [1.54, 1.807) is 54.2 Å². The summed E-state index contributed by atoms with van der Waals surface area (Å²) in [6, 6.07) is 12.4. The molecule has 7 heteroatoms. The summed E-state index contributed by atoms with van der Waals surface area (Å²) in [5, 5.41) is 15.6. The number of hydrogen-bond acceptors (Lipinski definition) is 4. The average molecular weight is 353 g/mol. The minimum atomic E-state index is -0.497. The predicted molar refractivity (Wildman–Crippen MR) is 96.3 cm³/mol. The molecule has 3 heterocycles. The molecular weight excluding hydrogens is 340 g/mol. The molecule has 0 unspecified atom stereocenters. The van der Waals surface area contributed by atoms with Crippen molar-refractivity contribution in [3.63, 3.8) is 0 Å². The Labute approximate surface area is 147 Å². The highest BCUT2D eigenvalue weighted by Crippen LogP contribution is 2.32. The molecule has 25 heavy (non-hydrogen) atoms. The van der Waals surface area contributed by atoms with Gasteiger partial charge in [0.05, 0.1) is 21.8 Å². The standard InChI is InChI=1S/C18H13ClN4O2/c1-10-14-16(24)17(25)15(11-6-2-3-7-12(11)19)21-18(14)23(22-10)13-8-4-5-9-20-13/h2-9,25H,1H3,(H,21,24). The molecule has 0 fully saturated rings. The summed E-state index contributed by atoms with van der Waals surface area (Å²) < 4.78 is 1.55. The number of fused-ring (bicyclic) bond motifs is 1. The number of aromatic hydroxyl groups is 1. The third-order valence-corrected chi connectivity index (χ3v) is 4.32. The summed E-state index contributed by atoms with van der Waals surface area (Å²) in [6.07, 6.45) is 1.64. The highest BCUT2D eigenvalue weighted by molar-refractivity contribution is 6.33. The van der Waals surface area contributed by atoms with Gasteiger partial charge < -0.3 is 10.1 Å². The second-order valence-corrected chi connectivity index (χ2v) is 5.97. The summed E-state index contributed by atoms with van der Waals surface area (Å²) >= 11 is 6.23. The van der Waals surface area contributed by atoms with E-state index in [9.17, 15) is 9.90 Å². The van der Waals surface area contributed by atoms with Gasteiger partial charge in [-0.1, -0.05) is 35.9 Å². The van der Waals surface area contributed by atoms with E-state index in [1.807, 2.05) is 6.07 Å². The predicted octanol–water partition coefficient (Wildman–Crippen LogP) is 3.44. The number of benzene rings is 1. The number of rotatable bonds is 2. The molecule has 0 radical (unpaired) electrons. The fraction of sp³-hybridized carbons (Fsp3) is 0.0556. The summed E-state index contributed by atoms with van der Waals surface area (Å²) in [5.41, 5.74) is 1.24. The van der Waals surface area contributed by atoms with Crippen molar-refractivity contribution in [1.82, 2.24) is 19.7 Å². The molecule has 0 aliphatic carbocycles. The number of aryl methyl sites for hydroxylation is 1. The Morgan fingerprint density at radius 1 is 1.16 bits per heavy atom. The highest BCUT2D eigenvalue weighted by atomic mass is 35.5. The van der Waals surface area contributed by atoms with Crippen molar-refractivity contribution in [1.29, 1.82) is 0 Å². The van der Waals surface area contributed by atoms with Gasteiger partial charge in [-0.2, -0.15) is 9.78 Å². The number of aromatic nitrogens is 4. The minimum Gasteiger partial charge on any atom is -0.503 e. The first-order chi connectivity index (χ1) is 12.1. The third kappa shape index (κ3) is 2.38. The number of hydrogen-bond donors (Lipinski definition) is 2. The molecule has 0 aliphatic heterocycles. The van der Waals surface area contributed by atoms with E-state index in [0.29, 0.717) is 33.1 Å². The number of aromatic amines is 1. The van der Waals surface area contributed by atoms with Crippen LogP contribution in [0.2, 0.25) is 5.02 Å². The fourth-order valence-electron chi connectivity index (χ4n) is 2.83. The van der Waals surface area contributed by atoms with E-state index in [2.05, 4.69) is 15.1 Å². The second-order valence-electron chi connectivity index (χ2n) is 5.57. The number of halogens is 1. The van der Waals surface area contributed by atoms with Gasteiger partial charge in [-0.25, -0.2) is 4.98 Å². The van der Waals surface area contributed by atoms with Crippen LogP contribution in [0.5, 0.6) is 5.75 Å². The summed E-state index contributed by atoms with van der Waals surface area (Å²) in [5.74, 6) is 0.177. The van der Waals surface area contributed by atoms with Crippen LogP contribution in [0.1, 0.15) is 5.69 Å². The Kier molecular flexibility index (Phi) is 3.54. The third-order valence-electron chi connectivity index (χ3n) is 3.99. The lowest BCUT2D eigenvalue weighted by molar-refractivity contribution is 0.471. The maximum absolute atomic E-state index is 12.7. The Morgan fingerprint density at radius 3 is 2.64 bits per heavy atom. The zero-order valence-electron chi connectivity index (χ0n) is 13.2. The van der Waals surface area contributed by atoms with E-state index >= 15 is 0 Å². The van der Waals surface area contributed by atoms with Gasteiger partial charge in [-0.3, -0.25) is 4.79 Å². The van der Waals surface area contributed by atoms with E-state index < -0.39 is 5.43 Å². The van der Waals surface area contributed by atoms with Crippen LogP contribution < -0.4 is 5.43 Å². The van der Waals surface area contributed by atoms with Gasteiger partial charge in [-0.15, -0.1) is 0 Å². The minimum absolute atomic E-state index is 0.250. The largest absolute Gasteiger partial charge is 0.503 e. The molecule has 0 saturated carbocycles. The van der Waals surface area contributed by atoms with Crippen molar-refractivity contribution in [2.24, 2.45) is 0 Å². The van der Waals surface area contributed by atoms with Crippen molar-refractivity contribution in [3.8, 4) is 22.8 Å². The molecule has 4 rings (SSSR count). The fourth-order valence-corrected chi connectivity index (χ4v) is 3.06. The zero-order chi connectivity index (χ0) is 17.6. The van der Waals surface area contributed by atoms with E-state index in [1.165, 1.54) is 0 Å². The smallest absolute Gasteiger partial charge is 0.235 e.